The van der Waals surface area contributed by atoms with Crippen LogP contribution in [-0.4, -0.2) is 40.7 Å². The maximum Gasteiger partial charge on any atom is 0.312 e. The van der Waals surface area contributed by atoms with E-state index in [4.69, 9.17) is 18.6 Å². The molecule has 0 saturated heterocycles. The highest BCUT2D eigenvalue weighted by atomic mass is 28.4. The summed E-state index contributed by atoms with van der Waals surface area (Å²) in [6.07, 6.45) is 6.68. The van der Waals surface area contributed by atoms with Gasteiger partial charge in [-0.3, -0.25) is 4.79 Å². The van der Waals surface area contributed by atoms with Gasteiger partial charge in [0.25, 0.3) is 0 Å². The third-order valence-corrected chi connectivity index (χ3v) is 13.3. The molecule has 2 aromatic rings. The van der Waals surface area contributed by atoms with Crippen LogP contribution in [0.2, 0.25) is 18.1 Å². The Bertz CT molecular complexity index is 1060. The minimum atomic E-state index is -2.09. The molecule has 0 fully saturated rings. The molecule has 3 rings (SSSR count). The number of ether oxygens (including phenoxy) is 3. The second kappa shape index (κ2) is 14.6. The first-order valence-corrected chi connectivity index (χ1v) is 17.6. The van der Waals surface area contributed by atoms with Crippen LogP contribution < -0.4 is 0 Å². The fourth-order valence-electron chi connectivity index (χ4n) is 5.10. The highest BCUT2D eigenvalue weighted by Crippen LogP contribution is 2.48. The lowest BCUT2D eigenvalue weighted by molar-refractivity contribution is -0.145. The Hall–Kier alpha value is -2.25. The standard InChI is InChI=1S/C34H50O5Si/c1-33(2,3)40(6,7)39-31(19-14-22-37-24-27-15-10-8-11-16-27)34(4)21-20-29(32(35)36-5)23-30(34)26-38-25-28-17-12-9-13-18-28/h8-13,15-18,20-21,29-31H,14,19,22-26H2,1-7H3/t29-,30+,31-,34+/m0/s1. The smallest absolute Gasteiger partial charge is 0.312 e. The average molecular weight is 567 g/mol. The van der Waals surface area contributed by atoms with Gasteiger partial charge < -0.3 is 18.6 Å². The third kappa shape index (κ3) is 8.87. The number of methoxy groups -OCH3 is 1. The van der Waals surface area contributed by atoms with Crippen LogP contribution in [0.1, 0.15) is 58.1 Å². The van der Waals surface area contributed by atoms with Gasteiger partial charge >= 0.3 is 5.97 Å². The SMILES string of the molecule is COC(=O)[C@H]1C=C[C@@](C)([C@H](CCCOCc2ccccc2)O[Si](C)(C)C(C)(C)C)[C@@H](COCc2ccccc2)C1. The van der Waals surface area contributed by atoms with E-state index in [1.807, 2.05) is 42.5 Å². The van der Waals surface area contributed by atoms with Crippen molar-refractivity contribution in [2.45, 2.75) is 84.4 Å². The summed E-state index contributed by atoms with van der Waals surface area (Å²) in [5.41, 5.74) is 2.03. The molecule has 1 aliphatic rings. The molecule has 0 aromatic heterocycles. The quantitative estimate of drug-likeness (QED) is 0.100. The van der Waals surface area contributed by atoms with Gasteiger partial charge in [-0.05, 0) is 54.4 Å². The van der Waals surface area contributed by atoms with E-state index >= 15 is 0 Å². The summed E-state index contributed by atoms with van der Waals surface area (Å²) >= 11 is 0. The highest BCUT2D eigenvalue weighted by Gasteiger charge is 2.48. The Labute approximate surface area is 243 Å². The molecule has 0 amide bonds. The number of hydrogen-bond acceptors (Lipinski definition) is 5. The van der Waals surface area contributed by atoms with Gasteiger partial charge in [-0.1, -0.05) is 101 Å². The lowest BCUT2D eigenvalue weighted by atomic mass is 9.65. The summed E-state index contributed by atoms with van der Waals surface area (Å²) < 4.78 is 24.7. The molecule has 4 atom stereocenters. The number of hydrogen-bond donors (Lipinski definition) is 0. The van der Waals surface area contributed by atoms with E-state index in [1.54, 1.807) is 0 Å². The predicted octanol–water partition coefficient (Wildman–Crippen LogP) is 7.96. The third-order valence-electron chi connectivity index (χ3n) is 8.84. The van der Waals surface area contributed by atoms with Gasteiger partial charge in [0.2, 0.25) is 0 Å². The van der Waals surface area contributed by atoms with Crippen molar-refractivity contribution in [2.24, 2.45) is 17.3 Å². The predicted molar refractivity (Wildman–Crippen MR) is 164 cm³/mol. The van der Waals surface area contributed by atoms with Gasteiger partial charge in [0.15, 0.2) is 8.32 Å². The zero-order chi connectivity index (χ0) is 29.2. The van der Waals surface area contributed by atoms with Crippen molar-refractivity contribution >= 4 is 14.3 Å². The van der Waals surface area contributed by atoms with Crippen molar-refractivity contribution in [3.63, 3.8) is 0 Å². The Kier molecular flexibility index (Phi) is 11.8. The Morgan fingerprint density at radius 3 is 2.10 bits per heavy atom. The second-order valence-corrected chi connectivity index (χ2v) is 17.6. The fourth-order valence-corrected chi connectivity index (χ4v) is 6.54. The summed E-state index contributed by atoms with van der Waals surface area (Å²) in [6.45, 7) is 16.2. The number of carbonyl (C=O) groups excluding carboxylic acids is 1. The minimum absolute atomic E-state index is 0.0195. The van der Waals surface area contributed by atoms with E-state index in [1.165, 1.54) is 12.7 Å². The topological polar surface area (TPSA) is 54.0 Å². The molecule has 0 heterocycles. The molecule has 0 spiro atoms. The van der Waals surface area contributed by atoms with Crippen LogP contribution in [0, 0.1) is 17.3 Å². The number of benzene rings is 2. The van der Waals surface area contributed by atoms with Gasteiger partial charge in [-0.25, -0.2) is 0 Å². The molecular weight excluding hydrogens is 516 g/mol. The Morgan fingerprint density at radius 2 is 1.55 bits per heavy atom. The Morgan fingerprint density at radius 1 is 0.975 bits per heavy atom. The normalized spacial score (nSPS) is 22.2. The van der Waals surface area contributed by atoms with E-state index in [0.717, 1.165) is 18.4 Å². The number of rotatable bonds is 14. The molecule has 1 aliphatic carbocycles. The second-order valence-electron chi connectivity index (χ2n) is 12.8. The number of carbonyl (C=O) groups is 1. The first-order chi connectivity index (χ1) is 19.0. The summed E-state index contributed by atoms with van der Waals surface area (Å²) in [4.78, 5) is 12.6. The van der Waals surface area contributed by atoms with Crippen LogP contribution >= 0.6 is 0 Å². The monoisotopic (exact) mass is 566 g/mol. The van der Waals surface area contributed by atoms with Gasteiger partial charge in [-0.2, -0.15) is 0 Å². The van der Waals surface area contributed by atoms with Crippen molar-refractivity contribution in [1.29, 1.82) is 0 Å². The molecule has 5 nitrogen and oxygen atoms in total. The molecule has 6 heteroatoms. The zero-order valence-electron chi connectivity index (χ0n) is 25.7. The molecule has 2 aromatic carbocycles. The minimum Gasteiger partial charge on any atom is -0.469 e. The fraction of sp³-hybridized carbons (Fsp3) is 0.559. The lowest BCUT2D eigenvalue weighted by Crippen LogP contribution is -2.52. The van der Waals surface area contributed by atoms with Crippen LogP contribution in [0.25, 0.3) is 0 Å². The first kappa shape index (κ1) is 32.3. The van der Waals surface area contributed by atoms with E-state index in [9.17, 15) is 4.79 Å². The molecule has 0 N–H and O–H groups in total. The summed E-state index contributed by atoms with van der Waals surface area (Å²) in [5.74, 6) is -0.362. The molecule has 220 valence electrons. The largest absolute Gasteiger partial charge is 0.469 e. The first-order valence-electron chi connectivity index (χ1n) is 14.6. The van der Waals surface area contributed by atoms with Crippen molar-refractivity contribution in [3.8, 4) is 0 Å². The van der Waals surface area contributed by atoms with Gasteiger partial charge in [0.05, 0.1) is 39.0 Å². The van der Waals surface area contributed by atoms with Crippen molar-refractivity contribution in [2.75, 3.05) is 20.3 Å². The highest BCUT2D eigenvalue weighted by molar-refractivity contribution is 6.74. The van der Waals surface area contributed by atoms with Crippen molar-refractivity contribution in [1.82, 2.24) is 0 Å². The van der Waals surface area contributed by atoms with Crippen LogP contribution in [0.15, 0.2) is 72.8 Å². The van der Waals surface area contributed by atoms with Gasteiger partial charge in [-0.15, -0.1) is 0 Å². The van der Waals surface area contributed by atoms with E-state index in [-0.39, 0.29) is 34.4 Å². The molecule has 40 heavy (non-hydrogen) atoms. The molecule has 0 radical (unpaired) electrons. The van der Waals surface area contributed by atoms with Crippen LogP contribution in [0.3, 0.4) is 0 Å². The summed E-state index contributed by atoms with van der Waals surface area (Å²) in [7, 11) is -0.624. The average Bonchev–Trinajstić information content (AvgIpc) is 2.93. The molecule has 0 saturated carbocycles. The Balaban J connectivity index is 1.79. The van der Waals surface area contributed by atoms with E-state index in [2.05, 4.69) is 71.1 Å². The maximum absolute atomic E-state index is 12.6. The van der Waals surface area contributed by atoms with E-state index in [0.29, 0.717) is 32.8 Å². The van der Waals surface area contributed by atoms with Gasteiger partial charge in [0.1, 0.15) is 0 Å². The van der Waals surface area contributed by atoms with Crippen molar-refractivity contribution in [3.05, 3.63) is 83.9 Å². The number of esters is 1. The molecule has 0 unspecified atom stereocenters. The molecule has 0 aliphatic heterocycles. The van der Waals surface area contributed by atoms with Crippen LogP contribution in [0.4, 0.5) is 0 Å². The molecule has 0 bridgehead atoms. The molecular formula is C34H50O5Si. The lowest BCUT2D eigenvalue weighted by Gasteiger charge is -2.49. The zero-order valence-corrected chi connectivity index (χ0v) is 26.7. The van der Waals surface area contributed by atoms with Crippen LogP contribution in [-0.2, 0) is 36.6 Å². The van der Waals surface area contributed by atoms with Crippen LogP contribution in [0.5, 0.6) is 0 Å². The van der Waals surface area contributed by atoms with Crippen molar-refractivity contribution < 1.29 is 23.4 Å². The summed E-state index contributed by atoms with van der Waals surface area (Å²) in [6, 6.07) is 20.5. The maximum atomic E-state index is 12.6. The van der Waals surface area contributed by atoms with E-state index < -0.39 is 8.32 Å². The summed E-state index contributed by atoms with van der Waals surface area (Å²) in [5, 5.41) is 0.0810. The van der Waals surface area contributed by atoms with Gasteiger partial charge in [0, 0.05) is 12.0 Å².